The third-order valence-corrected chi connectivity index (χ3v) is 4.85. The minimum absolute atomic E-state index is 0.00505. The Morgan fingerprint density at radius 1 is 1.38 bits per heavy atom. The number of rotatable bonds is 2. The van der Waals surface area contributed by atoms with Crippen LogP contribution in [0.15, 0.2) is 18.2 Å². The maximum absolute atomic E-state index is 12.8. The Labute approximate surface area is 123 Å². The van der Waals surface area contributed by atoms with Crippen molar-refractivity contribution in [1.82, 2.24) is 15.1 Å². The molecule has 2 aromatic rings. The van der Waals surface area contributed by atoms with Gasteiger partial charge in [-0.15, -0.1) is 0 Å². The fourth-order valence-corrected chi connectivity index (χ4v) is 3.48. The lowest BCUT2D eigenvalue weighted by Crippen LogP contribution is -2.32. The van der Waals surface area contributed by atoms with Gasteiger partial charge in [0.15, 0.2) is 5.69 Å². The van der Waals surface area contributed by atoms with Gasteiger partial charge < -0.3 is 10.6 Å². The number of nitrogens with zero attached hydrogens (tertiary/aromatic N) is 2. The Bertz CT molecular complexity index is 703. The van der Waals surface area contributed by atoms with E-state index in [1.165, 1.54) is 12.8 Å². The number of amides is 1. The van der Waals surface area contributed by atoms with Crippen molar-refractivity contribution in [2.45, 2.75) is 25.8 Å². The van der Waals surface area contributed by atoms with Crippen LogP contribution in [0.25, 0.3) is 10.9 Å². The summed E-state index contributed by atoms with van der Waals surface area (Å²) in [7, 11) is 0. The SMILES string of the molecule is Cc1ccc2[nH]nc(C(=O)N3C[C@@H](N)[C@H](C4CC4)C3)c2c1. The Kier molecular flexibility index (Phi) is 2.79. The largest absolute Gasteiger partial charge is 0.335 e. The number of likely N-dealkylation sites (tertiary alicyclic amines) is 1. The number of nitrogens with one attached hydrogen (secondary N) is 1. The third-order valence-electron chi connectivity index (χ3n) is 4.85. The zero-order chi connectivity index (χ0) is 14.6. The van der Waals surface area contributed by atoms with E-state index in [1.54, 1.807) is 0 Å². The summed E-state index contributed by atoms with van der Waals surface area (Å²) < 4.78 is 0. The summed E-state index contributed by atoms with van der Waals surface area (Å²) in [5, 5.41) is 8.09. The summed E-state index contributed by atoms with van der Waals surface area (Å²) in [6, 6.07) is 6.12. The van der Waals surface area contributed by atoms with Crippen molar-refractivity contribution in [2.24, 2.45) is 17.6 Å². The van der Waals surface area contributed by atoms with Crippen molar-refractivity contribution in [3.05, 3.63) is 29.5 Å². The predicted molar refractivity (Wildman–Crippen MR) is 80.9 cm³/mol. The number of nitrogens with two attached hydrogens (primary N) is 1. The average Bonchev–Trinajstić information content (AvgIpc) is 3.11. The van der Waals surface area contributed by atoms with E-state index in [0.29, 0.717) is 18.2 Å². The minimum Gasteiger partial charge on any atom is -0.335 e. The van der Waals surface area contributed by atoms with Crippen molar-refractivity contribution in [2.75, 3.05) is 13.1 Å². The zero-order valence-corrected chi connectivity index (χ0v) is 12.2. The summed E-state index contributed by atoms with van der Waals surface area (Å²) in [5.41, 5.74) is 8.78. The van der Waals surface area contributed by atoms with E-state index < -0.39 is 0 Å². The van der Waals surface area contributed by atoms with Gasteiger partial charge in [0.1, 0.15) is 0 Å². The Morgan fingerprint density at radius 3 is 2.95 bits per heavy atom. The fourth-order valence-electron chi connectivity index (χ4n) is 3.48. The van der Waals surface area contributed by atoms with Crippen LogP contribution in [-0.4, -0.2) is 40.1 Å². The molecule has 0 bridgehead atoms. The first-order valence-electron chi connectivity index (χ1n) is 7.63. The lowest BCUT2D eigenvalue weighted by atomic mass is 9.99. The van der Waals surface area contributed by atoms with E-state index in [9.17, 15) is 4.79 Å². The molecule has 1 aromatic carbocycles. The van der Waals surface area contributed by atoms with Crippen LogP contribution >= 0.6 is 0 Å². The number of hydrogen-bond acceptors (Lipinski definition) is 3. The highest BCUT2D eigenvalue weighted by atomic mass is 16.2. The van der Waals surface area contributed by atoms with E-state index >= 15 is 0 Å². The third kappa shape index (κ3) is 2.12. The van der Waals surface area contributed by atoms with Crippen molar-refractivity contribution < 1.29 is 4.79 Å². The predicted octanol–water partition coefficient (Wildman–Crippen LogP) is 1.68. The highest BCUT2D eigenvalue weighted by Gasteiger charge is 2.42. The lowest BCUT2D eigenvalue weighted by molar-refractivity contribution is 0.0781. The summed E-state index contributed by atoms with van der Waals surface area (Å²) >= 11 is 0. The molecule has 4 rings (SSSR count). The highest BCUT2D eigenvalue weighted by molar-refractivity contribution is 6.04. The van der Waals surface area contributed by atoms with E-state index in [0.717, 1.165) is 28.9 Å². The van der Waals surface area contributed by atoms with Gasteiger partial charge in [0.25, 0.3) is 5.91 Å². The number of fused-ring (bicyclic) bond motifs is 1. The minimum atomic E-state index is 0.00505. The molecule has 5 heteroatoms. The van der Waals surface area contributed by atoms with E-state index in [-0.39, 0.29) is 11.9 Å². The quantitative estimate of drug-likeness (QED) is 0.881. The van der Waals surface area contributed by atoms with Crippen LogP contribution < -0.4 is 5.73 Å². The summed E-state index contributed by atoms with van der Waals surface area (Å²) in [6.45, 7) is 3.46. The Hall–Kier alpha value is -1.88. The van der Waals surface area contributed by atoms with Crippen LogP contribution in [-0.2, 0) is 0 Å². The smallest absolute Gasteiger partial charge is 0.275 e. The molecule has 1 saturated heterocycles. The Balaban J connectivity index is 1.63. The molecule has 3 N–H and O–H groups in total. The molecule has 2 heterocycles. The van der Waals surface area contributed by atoms with Gasteiger partial charge in [-0.3, -0.25) is 9.89 Å². The molecule has 2 fully saturated rings. The molecule has 0 radical (unpaired) electrons. The molecule has 1 amide bonds. The molecule has 2 aliphatic rings. The molecule has 110 valence electrons. The van der Waals surface area contributed by atoms with Gasteiger partial charge >= 0.3 is 0 Å². The summed E-state index contributed by atoms with van der Waals surface area (Å²) in [6.07, 6.45) is 2.54. The van der Waals surface area contributed by atoms with Gasteiger partial charge in [-0.1, -0.05) is 11.6 Å². The topological polar surface area (TPSA) is 75.0 Å². The first-order valence-corrected chi connectivity index (χ1v) is 7.63. The standard InChI is InChI=1S/C16H20N4O/c1-9-2-5-14-11(6-9)15(19-18-14)16(21)20-7-12(10-3-4-10)13(17)8-20/h2,5-6,10,12-13H,3-4,7-8,17H2,1H3,(H,18,19)/t12-,13+/m0/s1. The second kappa shape index (κ2) is 4.56. The highest BCUT2D eigenvalue weighted by Crippen LogP contribution is 2.41. The van der Waals surface area contributed by atoms with Crippen molar-refractivity contribution in [1.29, 1.82) is 0 Å². The maximum Gasteiger partial charge on any atom is 0.275 e. The van der Waals surface area contributed by atoms with Crippen molar-refractivity contribution >= 4 is 16.8 Å². The van der Waals surface area contributed by atoms with Gasteiger partial charge in [0.05, 0.1) is 5.52 Å². The first kappa shape index (κ1) is 12.8. The van der Waals surface area contributed by atoms with Gasteiger partial charge in [0.2, 0.25) is 0 Å². The van der Waals surface area contributed by atoms with Crippen molar-refractivity contribution in [3.63, 3.8) is 0 Å². The number of H-pyrrole nitrogens is 1. The summed E-state index contributed by atoms with van der Waals surface area (Å²) in [4.78, 5) is 14.6. The molecular formula is C16H20N4O. The number of aromatic nitrogens is 2. The van der Waals surface area contributed by atoms with Gasteiger partial charge in [-0.2, -0.15) is 5.10 Å². The van der Waals surface area contributed by atoms with Gasteiger partial charge in [0, 0.05) is 24.5 Å². The molecular weight excluding hydrogens is 264 g/mol. The number of benzene rings is 1. The number of hydrogen-bond donors (Lipinski definition) is 2. The van der Waals surface area contributed by atoms with Gasteiger partial charge in [-0.25, -0.2) is 0 Å². The first-order chi connectivity index (χ1) is 10.1. The molecule has 21 heavy (non-hydrogen) atoms. The second-order valence-electron chi connectivity index (χ2n) is 6.50. The molecule has 1 aromatic heterocycles. The molecule has 1 aliphatic heterocycles. The average molecular weight is 284 g/mol. The van der Waals surface area contributed by atoms with E-state index in [1.807, 2.05) is 30.0 Å². The zero-order valence-electron chi connectivity index (χ0n) is 12.2. The lowest BCUT2D eigenvalue weighted by Gasteiger charge is -2.15. The fraction of sp³-hybridized carbons (Fsp3) is 0.500. The molecule has 2 atom stereocenters. The number of carbonyl (C=O) groups excluding carboxylic acids is 1. The van der Waals surface area contributed by atoms with Crippen LogP contribution in [0.2, 0.25) is 0 Å². The Morgan fingerprint density at radius 2 is 2.19 bits per heavy atom. The maximum atomic E-state index is 12.8. The number of aryl methyl sites for hydroxylation is 1. The van der Waals surface area contributed by atoms with E-state index in [2.05, 4.69) is 10.2 Å². The number of carbonyl (C=O) groups is 1. The van der Waals surface area contributed by atoms with E-state index in [4.69, 9.17) is 5.73 Å². The number of aromatic amines is 1. The second-order valence-corrected chi connectivity index (χ2v) is 6.50. The molecule has 5 nitrogen and oxygen atoms in total. The molecule has 1 aliphatic carbocycles. The monoisotopic (exact) mass is 284 g/mol. The molecule has 0 spiro atoms. The van der Waals surface area contributed by atoms with Crippen LogP contribution in [0.5, 0.6) is 0 Å². The van der Waals surface area contributed by atoms with Crippen molar-refractivity contribution in [3.8, 4) is 0 Å². The summed E-state index contributed by atoms with van der Waals surface area (Å²) in [5.74, 6) is 1.21. The van der Waals surface area contributed by atoms with Crippen LogP contribution in [0.3, 0.4) is 0 Å². The molecule has 0 unspecified atom stereocenters. The van der Waals surface area contributed by atoms with Crippen LogP contribution in [0.1, 0.15) is 28.9 Å². The van der Waals surface area contributed by atoms with Crippen LogP contribution in [0.4, 0.5) is 0 Å². The van der Waals surface area contributed by atoms with Gasteiger partial charge in [-0.05, 0) is 43.7 Å². The normalized spacial score (nSPS) is 25.7. The van der Waals surface area contributed by atoms with Crippen LogP contribution in [0, 0.1) is 18.8 Å². The molecule has 1 saturated carbocycles.